The molecule has 25 heavy (non-hydrogen) atoms. The van der Waals surface area contributed by atoms with Crippen LogP contribution in [-0.4, -0.2) is 45.1 Å². The van der Waals surface area contributed by atoms with Gasteiger partial charge < -0.3 is 19.6 Å². The minimum Gasteiger partial charge on any atom is -0.487 e. The number of hydrogen-bond acceptors (Lipinski definition) is 5. The number of aromatic amines is 1. The number of alkyl halides is 1. The minimum atomic E-state index is -1.77. The summed E-state index contributed by atoms with van der Waals surface area (Å²) in [6.45, 7) is 0.446. The van der Waals surface area contributed by atoms with Gasteiger partial charge in [0.2, 0.25) is 5.95 Å². The number of carboxylic acid groups (broad SMARTS) is 1. The highest BCUT2D eigenvalue weighted by atomic mass is 19.1. The van der Waals surface area contributed by atoms with Crippen molar-refractivity contribution in [2.24, 2.45) is 0 Å². The number of hydrogen-bond donors (Lipinski definition) is 2. The summed E-state index contributed by atoms with van der Waals surface area (Å²) in [6.07, 6.45) is 1.03. The highest BCUT2D eigenvalue weighted by Gasteiger charge is 2.36. The summed E-state index contributed by atoms with van der Waals surface area (Å²) in [6, 6.07) is 0.941. The van der Waals surface area contributed by atoms with Crippen LogP contribution in [0.5, 0.6) is 0 Å². The molecule has 0 aromatic carbocycles. The Balaban J connectivity index is 1.84. The highest BCUT2D eigenvalue weighted by molar-refractivity contribution is 5.86. The quantitative estimate of drug-likeness (QED) is 0.840. The zero-order valence-electron chi connectivity index (χ0n) is 12.5. The van der Waals surface area contributed by atoms with Gasteiger partial charge in [-0.1, -0.05) is 6.08 Å². The van der Waals surface area contributed by atoms with Crippen LogP contribution < -0.4 is 5.56 Å². The molecule has 1 aliphatic carbocycles. The number of nitrogens with zero attached hydrogens (tertiary/aromatic N) is 2. The number of fused-ring (bicyclic) bond motifs is 1. The lowest BCUT2D eigenvalue weighted by molar-refractivity contribution is 0.0387. The molecule has 0 amide bonds. The number of rotatable bonds is 2. The summed E-state index contributed by atoms with van der Waals surface area (Å²) in [7, 11) is 0. The van der Waals surface area contributed by atoms with Crippen LogP contribution in [0.25, 0.3) is 5.52 Å². The fourth-order valence-corrected chi connectivity index (χ4v) is 2.86. The topological polar surface area (TPSA) is 106 Å². The van der Waals surface area contributed by atoms with Gasteiger partial charge in [0.15, 0.2) is 23.4 Å². The van der Waals surface area contributed by atoms with Crippen molar-refractivity contribution in [2.75, 3.05) is 13.2 Å². The molecule has 2 aromatic rings. The number of ether oxygens (including phenoxy) is 2. The molecule has 0 radical (unpaired) electrons. The Labute approximate surface area is 138 Å². The van der Waals surface area contributed by atoms with E-state index in [1.165, 1.54) is 12.2 Å². The Bertz CT molecular complexity index is 1010. The van der Waals surface area contributed by atoms with Crippen LogP contribution in [-0.2, 0) is 9.47 Å². The molecule has 130 valence electrons. The molecule has 1 aliphatic heterocycles. The van der Waals surface area contributed by atoms with E-state index in [0.29, 0.717) is 4.52 Å². The van der Waals surface area contributed by atoms with Crippen LogP contribution >= 0.6 is 0 Å². The lowest BCUT2D eigenvalue weighted by atomic mass is 9.93. The largest absolute Gasteiger partial charge is 0.487 e. The van der Waals surface area contributed by atoms with Crippen molar-refractivity contribution in [2.45, 2.75) is 12.1 Å². The molecule has 0 spiro atoms. The first-order chi connectivity index (χ1) is 12.0. The van der Waals surface area contributed by atoms with Gasteiger partial charge in [0.05, 0.1) is 11.6 Å². The Morgan fingerprint density at radius 2 is 2.16 bits per heavy atom. The van der Waals surface area contributed by atoms with E-state index in [9.17, 15) is 18.4 Å². The van der Waals surface area contributed by atoms with Crippen LogP contribution in [0, 0.1) is 5.95 Å². The molecule has 8 nitrogen and oxygen atoms in total. The van der Waals surface area contributed by atoms with Gasteiger partial charge in [0, 0.05) is 6.07 Å². The summed E-state index contributed by atoms with van der Waals surface area (Å²) >= 11 is 0. The predicted molar refractivity (Wildman–Crippen MR) is 78.4 cm³/mol. The normalized spacial score (nSPS) is 22.5. The third-order valence-electron chi connectivity index (χ3n) is 4.01. The maximum atomic E-state index is 14.8. The Morgan fingerprint density at radius 1 is 1.40 bits per heavy atom. The van der Waals surface area contributed by atoms with E-state index < -0.39 is 35.3 Å². The molecule has 10 heteroatoms. The molecule has 3 heterocycles. The first-order valence-electron chi connectivity index (χ1n) is 7.34. The number of nitrogens with one attached hydrogen (secondary N) is 1. The summed E-state index contributed by atoms with van der Waals surface area (Å²) < 4.78 is 40.6. The lowest BCUT2D eigenvalue weighted by Gasteiger charge is -2.29. The number of H-pyrrole nitrogens is 1. The number of carboxylic acids is 1. The number of allylic oxidation sites excluding steroid dienone is 3. The fourth-order valence-electron chi connectivity index (χ4n) is 2.86. The molecule has 2 unspecified atom stereocenters. The second-order valence-corrected chi connectivity index (χ2v) is 5.50. The van der Waals surface area contributed by atoms with Crippen molar-refractivity contribution in [3.8, 4) is 0 Å². The number of carbonyl (C=O) groups is 1. The van der Waals surface area contributed by atoms with Gasteiger partial charge in [-0.05, 0) is 6.08 Å². The van der Waals surface area contributed by atoms with Gasteiger partial charge in [0.1, 0.15) is 18.7 Å². The van der Waals surface area contributed by atoms with Crippen molar-refractivity contribution < 1.29 is 28.2 Å². The van der Waals surface area contributed by atoms with Crippen molar-refractivity contribution in [3.63, 3.8) is 0 Å². The van der Waals surface area contributed by atoms with Gasteiger partial charge in [-0.2, -0.15) is 14.0 Å². The fraction of sp³-hybridized carbons (Fsp3) is 0.267. The minimum absolute atomic E-state index is 0.0641. The monoisotopic (exact) mass is 351 g/mol. The van der Waals surface area contributed by atoms with E-state index >= 15 is 0 Å². The molecule has 0 saturated heterocycles. The second kappa shape index (κ2) is 5.43. The summed E-state index contributed by atoms with van der Waals surface area (Å²) in [5, 5.41) is 12.5. The molecule has 0 saturated carbocycles. The van der Waals surface area contributed by atoms with Crippen molar-refractivity contribution in [1.29, 1.82) is 0 Å². The van der Waals surface area contributed by atoms with Crippen LogP contribution in [0.4, 0.5) is 8.78 Å². The average Bonchev–Trinajstić information content (AvgIpc) is 3.06. The molecule has 2 aliphatic rings. The lowest BCUT2D eigenvalue weighted by Crippen LogP contribution is -2.29. The molecular formula is C15H11F2N3O5. The first kappa shape index (κ1) is 15.4. The maximum absolute atomic E-state index is 14.8. The molecular weight excluding hydrogens is 340 g/mol. The van der Waals surface area contributed by atoms with Gasteiger partial charge in [-0.3, -0.25) is 4.79 Å². The van der Waals surface area contributed by atoms with E-state index in [-0.39, 0.29) is 35.9 Å². The summed E-state index contributed by atoms with van der Waals surface area (Å²) in [4.78, 5) is 25.4. The van der Waals surface area contributed by atoms with E-state index in [4.69, 9.17) is 14.6 Å². The summed E-state index contributed by atoms with van der Waals surface area (Å²) in [5.41, 5.74) is -1.92. The summed E-state index contributed by atoms with van der Waals surface area (Å²) in [5.74, 6) is -3.47. The second-order valence-electron chi connectivity index (χ2n) is 5.50. The predicted octanol–water partition coefficient (Wildman–Crippen LogP) is 1.11. The Hall–Kier alpha value is -3.17. The van der Waals surface area contributed by atoms with Crippen LogP contribution in [0.3, 0.4) is 0 Å². The number of aromatic nitrogens is 3. The molecule has 2 atom stereocenters. The number of halogens is 2. The molecule has 0 fully saturated rings. The van der Waals surface area contributed by atoms with Crippen molar-refractivity contribution >= 4 is 11.5 Å². The Kier molecular flexibility index (Phi) is 3.34. The average molecular weight is 351 g/mol. The van der Waals surface area contributed by atoms with E-state index in [2.05, 4.69) is 10.1 Å². The van der Waals surface area contributed by atoms with Gasteiger partial charge in [-0.15, -0.1) is 0 Å². The Morgan fingerprint density at radius 3 is 2.92 bits per heavy atom. The van der Waals surface area contributed by atoms with Crippen LogP contribution in [0.2, 0.25) is 0 Å². The van der Waals surface area contributed by atoms with Crippen LogP contribution in [0.15, 0.2) is 34.5 Å². The highest BCUT2D eigenvalue weighted by Crippen LogP contribution is 2.36. The van der Waals surface area contributed by atoms with Gasteiger partial charge in [0.25, 0.3) is 5.56 Å². The SMILES string of the molecule is O=C(O)c1cc2c(=O)[nH]c(C3C=CC4=C(OCCO4)C3F)c(F)n2n1. The first-order valence-corrected chi connectivity index (χ1v) is 7.34. The van der Waals surface area contributed by atoms with E-state index in [1.54, 1.807) is 0 Å². The van der Waals surface area contributed by atoms with Crippen molar-refractivity contribution in [1.82, 2.24) is 14.6 Å². The zero-order valence-corrected chi connectivity index (χ0v) is 12.5. The van der Waals surface area contributed by atoms with Gasteiger partial charge in [-0.25, -0.2) is 9.18 Å². The molecule has 2 aromatic heterocycles. The smallest absolute Gasteiger partial charge is 0.356 e. The molecule has 2 N–H and O–H groups in total. The standard InChI is InChI=1S/C15H11F2N3O5/c16-10-6(1-2-9-12(10)25-4-3-24-9)11-13(17)20-8(14(21)18-11)5-7(19-20)15(22)23/h1-2,5-6,10H,3-4H2,(H,18,21)(H,22,23). The van der Waals surface area contributed by atoms with Crippen LogP contribution in [0.1, 0.15) is 22.1 Å². The number of aromatic carboxylic acids is 1. The molecule has 0 bridgehead atoms. The zero-order chi connectivity index (χ0) is 17.7. The van der Waals surface area contributed by atoms with Crippen molar-refractivity contribution in [3.05, 3.63) is 57.4 Å². The maximum Gasteiger partial charge on any atom is 0.356 e. The third kappa shape index (κ3) is 2.29. The van der Waals surface area contributed by atoms with E-state index in [1.807, 2.05) is 0 Å². The van der Waals surface area contributed by atoms with E-state index in [0.717, 1.165) is 6.07 Å². The molecule has 4 rings (SSSR count). The van der Waals surface area contributed by atoms with Gasteiger partial charge >= 0.3 is 5.97 Å². The third-order valence-corrected chi connectivity index (χ3v) is 4.01.